The molecule has 4 rings (SSSR count). The van der Waals surface area contributed by atoms with E-state index in [1.54, 1.807) is 0 Å². The summed E-state index contributed by atoms with van der Waals surface area (Å²) in [6, 6.07) is 15.8. The molecule has 0 saturated carbocycles. The summed E-state index contributed by atoms with van der Waals surface area (Å²) in [5.74, 6) is 0. The van der Waals surface area contributed by atoms with E-state index in [1.807, 2.05) is 42.5 Å². The molecule has 6 heteroatoms. The van der Waals surface area contributed by atoms with Crippen molar-refractivity contribution in [3.05, 3.63) is 86.5 Å². The fraction of sp³-hybridized carbons (Fsp3) is 0.227. The molecule has 28 heavy (non-hydrogen) atoms. The second-order valence-electron chi connectivity index (χ2n) is 6.95. The van der Waals surface area contributed by atoms with Crippen LogP contribution in [-0.4, -0.2) is 29.6 Å². The summed E-state index contributed by atoms with van der Waals surface area (Å²) < 4.78 is 0. The number of likely N-dealkylation sites (N-methyl/N-ethyl adjacent to an activating group) is 1. The fourth-order valence-corrected chi connectivity index (χ4v) is 4.42. The number of thiocarbonyl (C=S) groups is 1. The Morgan fingerprint density at radius 2 is 1.79 bits per heavy atom. The van der Waals surface area contributed by atoms with Crippen LogP contribution in [0.3, 0.4) is 0 Å². The minimum absolute atomic E-state index is 0.0542. The molecule has 0 amide bonds. The van der Waals surface area contributed by atoms with Gasteiger partial charge >= 0.3 is 0 Å². The third kappa shape index (κ3) is 3.83. The van der Waals surface area contributed by atoms with Crippen LogP contribution in [0.4, 0.5) is 0 Å². The Labute approximate surface area is 181 Å². The second-order valence-corrected chi connectivity index (χ2v) is 8.17. The quantitative estimate of drug-likeness (QED) is 0.656. The van der Waals surface area contributed by atoms with Gasteiger partial charge in [-0.05, 0) is 59.2 Å². The molecule has 2 aromatic rings. The van der Waals surface area contributed by atoms with Crippen LogP contribution in [0.2, 0.25) is 10.0 Å². The summed E-state index contributed by atoms with van der Waals surface area (Å²) in [6.07, 6.45) is 2.16. The van der Waals surface area contributed by atoms with E-state index in [-0.39, 0.29) is 6.04 Å². The van der Waals surface area contributed by atoms with E-state index in [2.05, 4.69) is 34.6 Å². The Morgan fingerprint density at radius 3 is 2.50 bits per heavy atom. The molecule has 0 aliphatic carbocycles. The van der Waals surface area contributed by atoms with E-state index >= 15 is 0 Å². The first kappa shape index (κ1) is 19.5. The molecule has 2 aliphatic heterocycles. The van der Waals surface area contributed by atoms with E-state index < -0.39 is 0 Å². The predicted octanol–water partition coefficient (Wildman–Crippen LogP) is 5.19. The Balaban J connectivity index is 1.85. The minimum Gasteiger partial charge on any atom is -0.352 e. The Bertz CT molecular complexity index is 983. The first-order valence-electron chi connectivity index (χ1n) is 9.29. The molecule has 144 valence electrons. The van der Waals surface area contributed by atoms with E-state index in [4.69, 9.17) is 35.4 Å². The molecule has 0 fully saturated rings. The van der Waals surface area contributed by atoms with Crippen LogP contribution in [0.25, 0.3) is 6.08 Å². The molecule has 0 aromatic heterocycles. The van der Waals surface area contributed by atoms with E-state index in [1.165, 1.54) is 11.1 Å². The molecule has 2 aliphatic rings. The van der Waals surface area contributed by atoms with Crippen molar-refractivity contribution in [2.24, 2.45) is 0 Å². The smallest absolute Gasteiger partial charge is 0.171 e. The van der Waals surface area contributed by atoms with Gasteiger partial charge in [0, 0.05) is 28.8 Å². The number of hydrogen-bond donors (Lipinski definition) is 2. The van der Waals surface area contributed by atoms with Gasteiger partial charge in [-0.25, -0.2) is 0 Å². The van der Waals surface area contributed by atoms with Crippen molar-refractivity contribution in [3.63, 3.8) is 0 Å². The maximum atomic E-state index is 6.52. The molecule has 2 aromatic carbocycles. The van der Waals surface area contributed by atoms with E-state index in [9.17, 15) is 0 Å². The Hall–Kier alpha value is -1.85. The summed E-state index contributed by atoms with van der Waals surface area (Å²) in [5, 5.41) is 8.89. The molecule has 2 N–H and O–H groups in total. The number of halogens is 2. The fourth-order valence-electron chi connectivity index (χ4n) is 3.76. The van der Waals surface area contributed by atoms with Crippen molar-refractivity contribution in [2.45, 2.75) is 13.0 Å². The lowest BCUT2D eigenvalue weighted by Crippen LogP contribution is -2.50. The number of benzene rings is 2. The average molecular weight is 430 g/mol. The molecular formula is C22H21Cl2N3S. The monoisotopic (exact) mass is 429 g/mol. The molecule has 1 unspecified atom stereocenters. The summed E-state index contributed by atoms with van der Waals surface area (Å²) in [6.45, 7) is 4.82. The minimum atomic E-state index is -0.0542. The van der Waals surface area contributed by atoms with E-state index in [0.29, 0.717) is 5.11 Å². The molecule has 2 heterocycles. The lowest BCUT2D eigenvalue weighted by atomic mass is 9.89. The summed E-state index contributed by atoms with van der Waals surface area (Å²) in [7, 11) is 0. The maximum absolute atomic E-state index is 6.52. The van der Waals surface area contributed by atoms with Crippen molar-refractivity contribution in [3.8, 4) is 0 Å². The van der Waals surface area contributed by atoms with Gasteiger partial charge in [0.15, 0.2) is 5.11 Å². The van der Waals surface area contributed by atoms with Crippen molar-refractivity contribution in [2.75, 3.05) is 19.6 Å². The SMILES string of the molecule is CCN1CC2=C(NC(=S)NC2c2ccccc2Cl)/C(=C/c2ccccc2Cl)C1. The Morgan fingerprint density at radius 1 is 1.07 bits per heavy atom. The van der Waals surface area contributed by atoms with Crippen molar-refractivity contribution >= 4 is 46.6 Å². The molecule has 0 saturated heterocycles. The van der Waals surface area contributed by atoms with Crippen molar-refractivity contribution in [1.29, 1.82) is 0 Å². The number of nitrogens with one attached hydrogen (secondary N) is 2. The van der Waals surface area contributed by atoms with Gasteiger partial charge < -0.3 is 10.6 Å². The average Bonchev–Trinajstić information content (AvgIpc) is 2.70. The molecule has 0 bridgehead atoms. The number of hydrogen-bond acceptors (Lipinski definition) is 2. The zero-order valence-corrected chi connectivity index (χ0v) is 17.8. The highest BCUT2D eigenvalue weighted by Crippen LogP contribution is 2.37. The lowest BCUT2D eigenvalue weighted by molar-refractivity contribution is 0.316. The van der Waals surface area contributed by atoms with Crippen molar-refractivity contribution < 1.29 is 0 Å². The van der Waals surface area contributed by atoms with Crippen LogP contribution in [0, 0.1) is 0 Å². The van der Waals surface area contributed by atoms with E-state index in [0.717, 1.165) is 46.5 Å². The van der Waals surface area contributed by atoms with Gasteiger partial charge in [-0.15, -0.1) is 0 Å². The Kier molecular flexibility index (Phi) is 5.74. The molecule has 1 atom stereocenters. The molecule has 0 spiro atoms. The van der Waals surface area contributed by atoms with Gasteiger partial charge in [0.2, 0.25) is 0 Å². The van der Waals surface area contributed by atoms with Gasteiger partial charge in [0.1, 0.15) is 0 Å². The maximum Gasteiger partial charge on any atom is 0.171 e. The highest BCUT2D eigenvalue weighted by molar-refractivity contribution is 7.80. The summed E-state index contributed by atoms with van der Waals surface area (Å²) in [5.41, 5.74) is 5.54. The zero-order valence-electron chi connectivity index (χ0n) is 15.5. The first-order chi connectivity index (χ1) is 13.6. The number of nitrogens with zero attached hydrogens (tertiary/aromatic N) is 1. The number of rotatable bonds is 3. The standard InChI is InChI=1S/C22H21Cl2N3S/c1-2-27-12-15(11-14-7-3-5-9-18(14)23)20-17(13-27)21(26-22(28)25-20)16-8-4-6-10-19(16)24/h3-11,21H,2,12-13H2,1H3,(H2,25,26,28)/b15-11+. The van der Waals surface area contributed by atoms with Crippen LogP contribution >= 0.6 is 35.4 Å². The normalized spacial score (nSPS) is 21.3. The van der Waals surface area contributed by atoms with Gasteiger partial charge in [0.05, 0.1) is 6.04 Å². The lowest BCUT2D eigenvalue weighted by Gasteiger charge is -2.40. The van der Waals surface area contributed by atoms with Crippen LogP contribution < -0.4 is 10.6 Å². The topological polar surface area (TPSA) is 27.3 Å². The highest BCUT2D eigenvalue weighted by atomic mass is 35.5. The summed E-state index contributed by atoms with van der Waals surface area (Å²) >= 11 is 18.5. The van der Waals surface area contributed by atoms with Gasteiger partial charge in [-0.3, -0.25) is 4.90 Å². The largest absolute Gasteiger partial charge is 0.352 e. The third-order valence-electron chi connectivity index (χ3n) is 5.19. The third-order valence-corrected chi connectivity index (χ3v) is 6.10. The van der Waals surface area contributed by atoms with Crippen LogP contribution in [0.1, 0.15) is 24.1 Å². The molecule has 3 nitrogen and oxygen atoms in total. The molecule has 0 radical (unpaired) electrons. The highest BCUT2D eigenvalue weighted by Gasteiger charge is 2.33. The molecular weight excluding hydrogens is 409 g/mol. The van der Waals surface area contributed by atoms with Crippen LogP contribution in [0.5, 0.6) is 0 Å². The van der Waals surface area contributed by atoms with Crippen molar-refractivity contribution in [1.82, 2.24) is 15.5 Å². The predicted molar refractivity (Wildman–Crippen MR) is 122 cm³/mol. The van der Waals surface area contributed by atoms with Gasteiger partial charge in [-0.2, -0.15) is 0 Å². The van der Waals surface area contributed by atoms with Crippen LogP contribution in [-0.2, 0) is 0 Å². The zero-order chi connectivity index (χ0) is 19.7. The second kappa shape index (κ2) is 8.26. The first-order valence-corrected chi connectivity index (χ1v) is 10.5. The van der Waals surface area contributed by atoms with Gasteiger partial charge in [0.25, 0.3) is 0 Å². The van der Waals surface area contributed by atoms with Crippen LogP contribution in [0.15, 0.2) is 65.4 Å². The summed E-state index contributed by atoms with van der Waals surface area (Å²) in [4.78, 5) is 2.41. The van der Waals surface area contributed by atoms with Gasteiger partial charge in [-0.1, -0.05) is 66.5 Å².